The number of hydrogen-bond donors (Lipinski definition) is 3. The van der Waals surface area contributed by atoms with Gasteiger partial charge in [0.25, 0.3) is 5.91 Å². The van der Waals surface area contributed by atoms with Gasteiger partial charge < -0.3 is 20.1 Å². The van der Waals surface area contributed by atoms with E-state index in [0.29, 0.717) is 36.1 Å². The molecule has 42 heavy (non-hydrogen) atoms. The van der Waals surface area contributed by atoms with Crippen molar-refractivity contribution in [2.75, 3.05) is 12.0 Å². The van der Waals surface area contributed by atoms with Crippen LogP contribution in [0.15, 0.2) is 66.9 Å². The number of aliphatic carboxylic acids is 1. The van der Waals surface area contributed by atoms with Crippen molar-refractivity contribution < 1.29 is 28.2 Å². The van der Waals surface area contributed by atoms with E-state index < -0.39 is 24.0 Å². The number of benzene rings is 2. The summed E-state index contributed by atoms with van der Waals surface area (Å²) >= 11 is 1.48. The van der Waals surface area contributed by atoms with Crippen LogP contribution in [0.3, 0.4) is 0 Å². The molecule has 2 aromatic carbocycles. The highest BCUT2D eigenvalue weighted by molar-refractivity contribution is 7.98. The Labute approximate surface area is 247 Å². The summed E-state index contributed by atoms with van der Waals surface area (Å²) in [5.41, 5.74) is 2.99. The number of halogens is 2. The maximum absolute atomic E-state index is 13.7. The molecule has 8 nitrogen and oxygen atoms in total. The van der Waals surface area contributed by atoms with Gasteiger partial charge in [-0.25, -0.2) is 23.5 Å². The smallest absolute Gasteiger partial charge is 0.326 e. The Hall–Kier alpha value is -4.25. The SMILES string of the molecule is CSCC[C@H](NC(=O)c1nc(OC(Cc2cnc(C)[nH]2)c2ccc(F)cc2)ccc1CCc1ccc(F)cc1)C(=O)O. The Morgan fingerprint density at radius 1 is 1.02 bits per heavy atom. The number of hydrogen-bond acceptors (Lipinski definition) is 6. The van der Waals surface area contributed by atoms with Gasteiger partial charge in [-0.1, -0.05) is 30.3 Å². The molecule has 4 rings (SSSR count). The number of pyridine rings is 1. The fourth-order valence-electron chi connectivity index (χ4n) is 4.41. The van der Waals surface area contributed by atoms with Gasteiger partial charge in [-0.2, -0.15) is 11.8 Å². The van der Waals surface area contributed by atoms with E-state index in [1.54, 1.807) is 42.6 Å². The molecule has 0 aliphatic carbocycles. The van der Waals surface area contributed by atoms with Crippen molar-refractivity contribution >= 4 is 23.6 Å². The average Bonchev–Trinajstić information content (AvgIpc) is 3.39. The number of rotatable bonds is 14. The van der Waals surface area contributed by atoms with Crippen LogP contribution >= 0.6 is 11.8 Å². The Balaban J connectivity index is 1.64. The van der Waals surface area contributed by atoms with E-state index in [-0.39, 0.29) is 29.6 Å². The number of carbonyl (C=O) groups is 2. The summed E-state index contributed by atoms with van der Waals surface area (Å²) in [5.74, 6) is -1.06. The minimum atomic E-state index is -1.14. The molecule has 1 unspecified atom stereocenters. The molecule has 3 N–H and O–H groups in total. The highest BCUT2D eigenvalue weighted by Crippen LogP contribution is 2.26. The van der Waals surface area contributed by atoms with Crippen molar-refractivity contribution in [1.29, 1.82) is 0 Å². The zero-order valence-electron chi connectivity index (χ0n) is 23.3. The summed E-state index contributed by atoms with van der Waals surface area (Å²) in [6, 6.07) is 14.3. The molecule has 0 spiro atoms. The fourth-order valence-corrected chi connectivity index (χ4v) is 4.88. The van der Waals surface area contributed by atoms with Crippen molar-refractivity contribution in [1.82, 2.24) is 20.3 Å². The summed E-state index contributed by atoms with van der Waals surface area (Å²) in [6.45, 7) is 1.83. The first-order valence-corrected chi connectivity index (χ1v) is 14.8. The summed E-state index contributed by atoms with van der Waals surface area (Å²) < 4.78 is 33.3. The van der Waals surface area contributed by atoms with Crippen molar-refractivity contribution in [3.63, 3.8) is 0 Å². The maximum Gasteiger partial charge on any atom is 0.326 e. The number of imidazole rings is 1. The summed E-state index contributed by atoms with van der Waals surface area (Å²) in [6.07, 6.45) is 4.50. The Kier molecular flexibility index (Phi) is 10.7. The van der Waals surface area contributed by atoms with Crippen molar-refractivity contribution in [2.24, 2.45) is 0 Å². The summed E-state index contributed by atoms with van der Waals surface area (Å²) in [7, 11) is 0. The molecule has 0 aliphatic heterocycles. The monoisotopic (exact) mass is 594 g/mol. The van der Waals surface area contributed by atoms with E-state index in [4.69, 9.17) is 4.74 Å². The van der Waals surface area contributed by atoms with Crippen LogP contribution in [0.5, 0.6) is 5.88 Å². The van der Waals surface area contributed by atoms with E-state index >= 15 is 0 Å². The summed E-state index contributed by atoms with van der Waals surface area (Å²) in [4.78, 5) is 37.2. The van der Waals surface area contributed by atoms with Crippen LogP contribution in [0.1, 0.15) is 51.2 Å². The second kappa shape index (κ2) is 14.6. The number of carboxylic acids is 1. The number of ether oxygens (including phenoxy) is 1. The van der Waals surface area contributed by atoms with Crippen molar-refractivity contribution in [2.45, 2.75) is 44.8 Å². The molecule has 220 valence electrons. The van der Waals surface area contributed by atoms with Gasteiger partial charge in [-0.05, 0) is 79.2 Å². The first kappa shape index (κ1) is 30.7. The number of H-pyrrole nitrogens is 1. The van der Waals surface area contributed by atoms with Crippen LogP contribution in [0.4, 0.5) is 8.78 Å². The lowest BCUT2D eigenvalue weighted by Crippen LogP contribution is -2.41. The molecule has 11 heteroatoms. The molecule has 2 atom stereocenters. The molecule has 0 radical (unpaired) electrons. The molecule has 0 aliphatic rings. The predicted octanol–water partition coefficient (Wildman–Crippen LogP) is 5.48. The van der Waals surface area contributed by atoms with Crippen LogP contribution in [-0.4, -0.2) is 50.0 Å². The van der Waals surface area contributed by atoms with E-state index in [0.717, 1.165) is 17.1 Å². The standard InChI is InChI=1S/C31H32F2N4O4S/c1-19-34-18-25(35-19)17-27(21-7-12-24(33)13-8-21)41-28-14-9-22(6-3-20-4-10-23(32)11-5-20)29(37-28)30(38)36-26(31(39)40)15-16-42-2/h4-5,7-14,18,26-27H,3,6,15-17H2,1-2H3,(H,34,35)(H,36,38)(H,39,40)/t26-,27?/m0/s1. The van der Waals surface area contributed by atoms with Crippen LogP contribution in [0.2, 0.25) is 0 Å². The van der Waals surface area contributed by atoms with Gasteiger partial charge in [0.05, 0.1) is 0 Å². The van der Waals surface area contributed by atoms with Gasteiger partial charge in [-0.15, -0.1) is 0 Å². The first-order chi connectivity index (χ1) is 20.2. The van der Waals surface area contributed by atoms with Crippen LogP contribution in [0, 0.1) is 18.6 Å². The lowest BCUT2D eigenvalue weighted by Gasteiger charge is -2.20. The number of aryl methyl sites for hydroxylation is 3. The molecular formula is C31H32F2N4O4S. The zero-order valence-corrected chi connectivity index (χ0v) is 24.1. The number of carboxylic acid groups (broad SMARTS) is 1. The van der Waals surface area contributed by atoms with Gasteiger partial charge in [0.15, 0.2) is 0 Å². The quantitative estimate of drug-likeness (QED) is 0.177. The van der Waals surface area contributed by atoms with E-state index in [1.807, 2.05) is 13.2 Å². The average molecular weight is 595 g/mol. The third kappa shape index (κ3) is 8.62. The highest BCUT2D eigenvalue weighted by Gasteiger charge is 2.24. The number of nitrogens with one attached hydrogen (secondary N) is 2. The Bertz CT molecular complexity index is 1500. The van der Waals surface area contributed by atoms with Crippen molar-refractivity contribution in [3.05, 3.63) is 112 Å². The highest BCUT2D eigenvalue weighted by atomic mass is 32.2. The number of nitrogens with zero attached hydrogens (tertiary/aromatic N) is 2. The number of aromatic amines is 1. The minimum absolute atomic E-state index is 0.0419. The molecule has 0 saturated carbocycles. The molecule has 2 heterocycles. The normalized spacial score (nSPS) is 12.5. The topological polar surface area (TPSA) is 117 Å². The predicted molar refractivity (Wildman–Crippen MR) is 157 cm³/mol. The Morgan fingerprint density at radius 2 is 1.71 bits per heavy atom. The van der Waals surface area contributed by atoms with E-state index in [9.17, 15) is 23.5 Å². The van der Waals surface area contributed by atoms with Gasteiger partial charge in [0, 0.05) is 24.4 Å². The van der Waals surface area contributed by atoms with Crippen LogP contribution in [-0.2, 0) is 24.1 Å². The first-order valence-electron chi connectivity index (χ1n) is 13.4. The summed E-state index contributed by atoms with van der Waals surface area (Å²) in [5, 5.41) is 12.3. The van der Waals surface area contributed by atoms with Gasteiger partial charge >= 0.3 is 5.97 Å². The molecule has 1 amide bonds. The molecular weight excluding hydrogens is 562 g/mol. The third-order valence-corrected chi connectivity index (χ3v) is 7.29. The number of aromatic nitrogens is 3. The van der Waals surface area contributed by atoms with Gasteiger partial charge in [0.1, 0.15) is 35.3 Å². The van der Waals surface area contributed by atoms with Crippen molar-refractivity contribution in [3.8, 4) is 5.88 Å². The van der Waals surface area contributed by atoms with Gasteiger partial charge in [0.2, 0.25) is 5.88 Å². The molecule has 0 saturated heterocycles. The van der Waals surface area contributed by atoms with Crippen LogP contribution < -0.4 is 10.1 Å². The van der Waals surface area contributed by atoms with E-state index in [1.165, 1.54) is 36.0 Å². The zero-order chi connectivity index (χ0) is 30.1. The number of amides is 1. The molecule has 4 aromatic rings. The van der Waals surface area contributed by atoms with Crippen LogP contribution in [0.25, 0.3) is 0 Å². The lowest BCUT2D eigenvalue weighted by atomic mass is 10.0. The Morgan fingerprint density at radius 3 is 2.33 bits per heavy atom. The minimum Gasteiger partial charge on any atom is -0.480 e. The molecule has 0 fully saturated rings. The third-order valence-electron chi connectivity index (χ3n) is 6.64. The molecule has 2 aromatic heterocycles. The fraction of sp³-hybridized carbons (Fsp3) is 0.290. The molecule has 0 bridgehead atoms. The largest absolute Gasteiger partial charge is 0.480 e. The maximum atomic E-state index is 13.7. The number of carbonyl (C=O) groups excluding carboxylic acids is 1. The number of thioether (sulfide) groups is 1. The lowest BCUT2D eigenvalue weighted by molar-refractivity contribution is -0.139. The second-order valence-corrected chi connectivity index (χ2v) is 10.8. The van der Waals surface area contributed by atoms with E-state index in [2.05, 4.69) is 20.3 Å². The second-order valence-electron chi connectivity index (χ2n) is 9.79. The van der Waals surface area contributed by atoms with Gasteiger partial charge in [-0.3, -0.25) is 4.79 Å².